The van der Waals surface area contributed by atoms with E-state index in [1.54, 1.807) is 0 Å². The molecule has 0 spiro atoms. The predicted molar refractivity (Wildman–Crippen MR) is 106 cm³/mol. The van der Waals surface area contributed by atoms with E-state index in [0.717, 1.165) is 11.1 Å². The fraction of sp³-hybridized carbons (Fsp3) is 0.391. The summed E-state index contributed by atoms with van der Waals surface area (Å²) >= 11 is 0. The highest BCUT2D eigenvalue weighted by molar-refractivity contribution is 5.37. The average molecular weight is 352 g/mol. The zero-order valence-corrected chi connectivity index (χ0v) is 16.0. The highest BCUT2D eigenvalue weighted by Gasteiger charge is 2.30. The second kappa shape index (κ2) is 9.00. The Kier molecular flexibility index (Phi) is 6.99. The first kappa shape index (κ1) is 20.2. The van der Waals surface area contributed by atoms with Gasteiger partial charge in [0, 0.05) is 6.42 Å². The van der Waals surface area contributed by atoms with Gasteiger partial charge in [0.05, 0.1) is 12.1 Å². The van der Waals surface area contributed by atoms with Crippen molar-refractivity contribution in [1.82, 2.24) is 0 Å². The molecule has 0 bridgehead atoms. The van der Waals surface area contributed by atoms with Gasteiger partial charge in [0.25, 0.3) is 0 Å². The fourth-order valence-electron chi connectivity index (χ4n) is 3.02. The number of nitrogens with one attached hydrogen (secondary N) is 1. The molecule has 0 heterocycles. The monoisotopic (exact) mass is 352 g/mol. The highest BCUT2D eigenvalue weighted by Crippen LogP contribution is 2.32. The van der Waals surface area contributed by atoms with Crippen molar-refractivity contribution in [2.45, 2.75) is 38.3 Å². The van der Waals surface area contributed by atoms with Gasteiger partial charge in [-0.1, -0.05) is 66.6 Å². The van der Waals surface area contributed by atoms with Crippen LogP contribution in [0.1, 0.15) is 38.3 Å². The normalized spacial score (nSPS) is 13.0. The molecule has 2 aromatic carbocycles. The Balaban J connectivity index is 2.22. The fourth-order valence-corrected chi connectivity index (χ4v) is 3.02. The molecule has 2 rings (SSSR count). The Hall–Kier alpha value is -2.12. The third-order valence-corrected chi connectivity index (χ3v) is 4.75. The quantitative estimate of drug-likeness (QED) is 0.696. The molecule has 0 saturated carbocycles. The van der Waals surface area contributed by atoms with Crippen molar-refractivity contribution in [2.75, 3.05) is 19.7 Å². The third-order valence-electron chi connectivity index (χ3n) is 4.75. The largest absolute Gasteiger partial charge is 0.391 e. The average Bonchev–Trinajstić information content (AvgIpc) is 2.64. The van der Waals surface area contributed by atoms with Gasteiger partial charge in [-0.15, -0.1) is 0 Å². The van der Waals surface area contributed by atoms with Crippen LogP contribution >= 0.6 is 0 Å². The van der Waals surface area contributed by atoms with Crippen molar-refractivity contribution >= 4 is 0 Å². The van der Waals surface area contributed by atoms with E-state index in [0.29, 0.717) is 19.5 Å². The van der Waals surface area contributed by atoms with Gasteiger partial charge >= 0.3 is 0 Å². The molecule has 1 unspecified atom stereocenters. The second-order valence-corrected chi connectivity index (χ2v) is 7.63. The van der Waals surface area contributed by atoms with Crippen molar-refractivity contribution in [3.8, 4) is 11.8 Å². The molecule has 138 valence electrons. The van der Waals surface area contributed by atoms with Gasteiger partial charge in [-0.05, 0) is 37.8 Å². The molecule has 3 heteroatoms. The number of aliphatic hydroxyl groups is 2. The maximum absolute atomic E-state index is 11.4. The third kappa shape index (κ3) is 5.19. The van der Waals surface area contributed by atoms with Crippen LogP contribution < -0.4 is 4.90 Å². The minimum absolute atomic E-state index is 0.0204. The zero-order chi connectivity index (χ0) is 19.0. The van der Waals surface area contributed by atoms with Gasteiger partial charge in [0.15, 0.2) is 0 Å². The lowest BCUT2D eigenvalue weighted by Gasteiger charge is -2.30. The number of rotatable bonds is 6. The molecule has 0 aliphatic rings. The van der Waals surface area contributed by atoms with Crippen LogP contribution in [-0.2, 0) is 5.60 Å². The Morgan fingerprint density at radius 3 is 1.77 bits per heavy atom. The van der Waals surface area contributed by atoms with Gasteiger partial charge in [0.2, 0.25) is 0 Å². The number of hydrogen-bond donors (Lipinski definition) is 3. The highest BCUT2D eigenvalue weighted by atomic mass is 16.3. The number of benzene rings is 2. The maximum Gasteiger partial charge on any atom is 0.139 e. The van der Waals surface area contributed by atoms with E-state index in [1.165, 1.54) is 4.90 Å². The summed E-state index contributed by atoms with van der Waals surface area (Å²) in [7, 11) is 0. The summed E-state index contributed by atoms with van der Waals surface area (Å²) < 4.78 is 0. The van der Waals surface area contributed by atoms with Crippen LogP contribution in [0.5, 0.6) is 0 Å². The van der Waals surface area contributed by atoms with E-state index in [2.05, 4.69) is 32.6 Å². The van der Waals surface area contributed by atoms with Crippen LogP contribution in [0.4, 0.5) is 0 Å². The lowest BCUT2D eigenvalue weighted by Crippen LogP contribution is -3.19. The van der Waals surface area contributed by atoms with E-state index in [-0.39, 0.29) is 12.1 Å². The van der Waals surface area contributed by atoms with Gasteiger partial charge in [0.1, 0.15) is 18.7 Å². The SMILES string of the molecule is CC(C)(C)[NH+](CC#CCC(O)(c1ccccc1)c1ccccc1)CCO. The first-order chi connectivity index (χ1) is 12.4. The Morgan fingerprint density at radius 2 is 1.35 bits per heavy atom. The second-order valence-electron chi connectivity index (χ2n) is 7.63. The van der Waals surface area contributed by atoms with Gasteiger partial charge < -0.3 is 15.1 Å². The van der Waals surface area contributed by atoms with Crippen LogP contribution in [0.2, 0.25) is 0 Å². The zero-order valence-electron chi connectivity index (χ0n) is 16.0. The van der Waals surface area contributed by atoms with Crippen LogP contribution in [0, 0.1) is 11.8 Å². The molecule has 2 aromatic rings. The number of quaternary nitrogens is 1. The van der Waals surface area contributed by atoms with Crippen LogP contribution in [-0.4, -0.2) is 35.4 Å². The van der Waals surface area contributed by atoms with Crippen molar-refractivity contribution in [1.29, 1.82) is 0 Å². The molecule has 0 amide bonds. The van der Waals surface area contributed by atoms with E-state index in [4.69, 9.17) is 0 Å². The molecule has 0 saturated heterocycles. The summed E-state index contributed by atoms with van der Waals surface area (Å²) in [6.07, 6.45) is 0.331. The van der Waals surface area contributed by atoms with Gasteiger partial charge in [-0.25, -0.2) is 0 Å². The predicted octanol–water partition coefficient (Wildman–Crippen LogP) is 1.99. The summed E-state index contributed by atoms with van der Waals surface area (Å²) in [6.45, 7) is 7.88. The molecule has 26 heavy (non-hydrogen) atoms. The molecule has 0 fully saturated rings. The molecule has 3 N–H and O–H groups in total. The molecule has 0 aromatic heterocycles. The molecular formula is C23H30NO2+. The molecule has 1 atom stereocenters. The lowest BCUT2D eigenvalue weighted by atomic mass is 9.84. The van der Waals surface area contributed by atoms with E-state index in [1.807, 2.05) is 60.7 Å². The Labute approximate surface area is 157 Å². The van der Waals surface area contributed by atoms with E-state index >= 15 is 0 Å². The molecule has 0 radical (unpaired) electrons. The summed E-state index contributed by atoms with van der Waals surface area (Å²) in [5.74, 6) is 6.40. The number of aliphatic hydroxyl groups excluding tert-OH is 1. The summed E-state index contributed by atoms with van der Waals surface area (Å²) in [6, 6.07) is 19.4. The van der Waals surface area contributed by atoms with Crippen molar-refractivity contribution in [2.24, 2.45) is 0 Å². The minimum Gasteiger partial charge on any atom is -0.391 e. The summed E-state index contributed by atoms with van der Waals surface area (Å²) in [4.78, 5) is 1.23. The molecule has 3 nitrogen and oxygen atoms in total. The molecular weight excluding hydrogens is 322 g/mol. The van der Waals surface area contributed by atoms with Gasteiger partial charge in [-0.3, -0.25) is 0 Å². The molecule has 0 aliphatic carbocycles. The van der Waals surface area contributed by atoms with Crippen molar-refractivity contribution < 1.29 is 15.1 Å². The van der Waals surface area contributed by atoms with E-state index < -0.39 is 5.60 Å². The van der Waals surface area contributed by atoms with Crippen molar-refractivity contribution in [3.05, 3.63) is 71.8 Å². The lowest BCUT2D eigenvalue weighted by molar-refractivity contribution is -0.940. The van der Waals surface area contributed by atoms with E-state index in [9.17, 15) is 10.2 Å². The minimum atomic E-state index is -1.13. The molecule has 0 aliphatic heterocycles. The smallest absolute Gasteiger partial charge is 0.139 e. The van der Waals surface area contributed by atoms with Crippen LogP contribution in [0.25, 0.3) is 0 Å². The Bertz CT molecular complexity index is 684. The first-order valence-electron chi connectivity index (χ1n) is 9.13. The Morgan fingerprint density at radius 1 is 0.846 bits per heavy atom. The maximum atomic E-state index is 11.4. The first-order valence-corrected chi connectivity index (χ1v) is 9.13. The van der Waals surface area contributed by atoms with Crippen molar-refractivity contribution in [3.63, 3.8) is 0 Å². The number of hydrogen-bond acceptors (Lipinski definition) is 2. The summed E-state index contributed by atoms with van der Waals surface area (Å²) in [5, 5.41) is 20.7. The topological polar surface area (TPSA) is 44.9 Å². The van der Waals surface area contributed by atoms with Gasteiger partial charge in [-0.2, -0.15) is 0 Å². The standard InChI is InChI=1S/C23H29NO2/c1-22(2,3)24(18-19-25)17-11-10-16-23(26,20-12-6-4-7-13-20)21-14-8-5-9-15-21/h4-9,12-15,25-26H,16-19H2,1-3H3/p+1. The van der Waals surface area contributed by atoms with Crippen LogP contribution in [0.3, 0.4) is 0 Å². The van der Waals surface area contributed by atoms with Crippen LogP contribution in [0.15, 0.2) is 60.7 Å². The summed E-state index contributed by atoms with van der Waals surface area (Å²) in [5.41, 5.74) is 0.577.